The first kappa shape index (κ1) is 12.8. The van der Waals surface area contributed by atoms with Crippen molar-refractivity contribution in [2.24, 2.45) is 0 Å². The number of para-hydroxylation sites is 2. The fraction of sp³-hybridized carbons (Fsp3) is 0.200. The number of benzene rings is 2. The Morgan fingerprint density at radius 2 is 1.74 bits per heavy atom. The van der Waals surface area contributed by atoms with Crippen LogP contribution in [0.4, 0.5) is 0 Å². The molecule has 0 radical (unpaired) electrons. The van der Waals surface area contributed by atoms with Crippen LogP contribution in [0.5, 0.6) is 11.5 Å². The Hall–Kier alpha value is -1.19. The molecule has 1 aliphatic rings. The molecule has 2 atom stereocenters. The minimum Gasteiger partial charge on any atom is -0.486 e. The Kier molecular flexibility index (Phi) is 3.67. The van der Waals surface area contributed by atoms with Crippen LogP contribution in [-0.2, 0) is 0 Å². The minimum absolute atomic E-state index is 0.183. The summed E-state index contributed by atoms with van der Waals surface area (Å²) < 4.78 is 12.6. The zero-order valence-electron chi connectivity index (χ0n) is 10.1. The topological polar surface area (TPSA) is 18.5 Å². The molecule has 2 unspecified atom stereocenters. The van der Waals surface area contributed by atoms with Crippen LogP contribution < -0.4 is 9.47 Å². The molecule has 98 valence electrons. The molecule has 0 bridgehead atoms. The van der Waals surface area contributed by atoms with Gasteiger partial charge >= 0.3 is 0 Å². The van der Waals surface area contributed by atoms with Gasteiger partial charge in [0, 0.05) is 4.47 Å². The Morgan fingerprint density at radius 1 is 1.05 bits per heavy atom. The SMILES string of the molecule is ClC(c1ccc(Br)cc1)C1COc2ccccc2O1. The van der Waals surface area contributed by atoms with Crippen LogP contribution in [0.15, 0.2) is 53.0 Å². The number of rotatable bonds is 2. The molecule has 4 heteroatoms. The summed E-state index contributed by atoms with van der Waals surface area (Å²) in [5.41, 5.74) is 1.03. The minimum atomic E-state index is -0.235. The molecule has 2 aromatic carbocycles. The maximum atomic E-state index is 6.48. The summed E-state index contributed by atoms with van der Waals surface area (Å²) in [4.78, 5) is 0. The molecule has 1 heterocycles. The molecule has 0 N–H and O–H groups in total. The van der Waals surface area contributed by atoms with Crippen LogP contribution in [0.25, 0.3) is 0 Å². The molecule has 2 aromatic rings. The molecule has 0 saturated carbocycles. The smallest absolute Gasteiger partial charge is 0.161 e. The van der Waals surface area contributed by atoms with Crippen molar-refractivity contribution < 1.29 is 9.47 Å². The monoisotopic (exact) mass is 338 g/mol. The third-order valence-corrected chi connectivity index (χ3v) is 4.11. The molecule has 3 rings (SSSR count). The molecule has 0 spiro atoms. The summed E-state index contributed by atoms with van der Waals surface area (Å²) >= 11 is 9.90. The Morgan fingerprint density at radius 3 is 2.47 bits per heavy atom. The van der Waals surface area contributed by atoms with Crippen molar-refractivity contribution in [3.63, 3.8) is 0 Å². The van der Waals surface area contributed by atoms with Gasteiger partial charge in [0.25, 0.3) is 0 Å². The van der Waals surface area contributed by atoms with Gasteiger partial charge < -0.3 is 9.47 Å². The standard InChI is InChI=1S/C15H12BrClO2/c16-11-7-5-10(6-8-11)15(17)14-9-18-12-3-1-2-4-13(12)19-14/h1-8,14-15H,9H2. The van der Waals surface area contributed by atoms with Gasteiger partial charge in [-0.25, -0.2) is 0 Å². The largest absolute Gasteiger partial charge is 0.486 e. The van der Waals surface area contributed by atoms with Crippen LogP contribution in [-0.4, -0.2) is 12.7 Å². The molecule has 2 nitrogen and oxygen atoms in total. The van der Waals surface area contributed by atoms with Crippen LogP contribution in [0.2, 0.25) is 0 Å². The van der Waals surface area contributed by atoms with E-state index in [4.69, 9.17) is 21.1 Å². The van der Waals surface area contributed by atoms with E-state index in [2.05, 4.69) is 15.9 Å². The molecule has 0 aliphatic carbocycles. The highest BCUT2D eigenvalue weighted by atomic mass is 79.9. The average molecular weight is 340 g/mol. The van der Waals surface area contributed by atoms with Gasteiger partial charge in [0.2, 0.25) is 0 Å². The first-order valence-corrected chi connectivity index (χ1v) is 7.25. The molecule has 19 heavy (non-hydrogen) atoms. The third kappa shape index (κ3) is 2.72. The third-order valence-electron chi connectivity index (χ3n) is 3.05. The van der Waals surface area contributed by atoms with E-state index in [1.807, 2.05) is 48.5 Å². The van der Waals surface area contributed by atoms with Gasteiger partial charge in [-0.05, 0) is 29.8 Å². The zero-order valence-corrected chi connectivity index (χ0v) is 12.4. The fourth-order valence-electron chi connectivity index (χ4n) is 2.04. The number of ether oxygens (including phenoxy) is 2. The summed E-state index contributed by atoms with van der Waals surface area (Å²) in [7, 11) is 0. The highest BCUT2D eigenvalue weighted by Gasteiger charge is 2.28. The summed E-state index contributed by atoms with van der Waals surface area (Å²) in [6, 6.07) is 15.6. The predicted octanol–water partition coefficient (Wildman–Crippen LogP) is 4.57. The maximum Gasteiger partial charge on any atom is 0.161 e. The summed E-state index contributed by atoms with van der Waals surface area (Å²) in [5, 5.41) is -0.235. The van der Waals surface area contributed by atoms with E-state index in [0.717, 1.165) is 21.5 Å². The second-order valence-corrected chi connectivity index (χ2v) is 5.75. The van der Waals surface area contributed by atoms with E-state index >= 15 is 0 Å². The fourth-order valence-corrected chi connectivity index (χ4v) is 2.58. The Balaban J connectivity index is 1.79. The van der Waals surface area contributed by atoms with Crippen LogP contribution in [0.1, 0.15) is 10.9 Å². The van der Waals surface area contributed by atoms with Crippen molar-refractivity contribution in [1.29, 1.82) is 0 Å². The second kappa shape index (κ2) is 5.43. The van der Waals surface area contributed by atoms with Crippen LogP contribution in [0, 0.1) is 0 Å². The second-order valence-electron chi connectivity index (χ2n) is 4.37. The molecule has 0 saturated heterocycles. The van der Waals surface area contributed by atoms with E-state index in [1.54, 1.807) is 0 Å². The lowest BCUT2D eigenvalue weighted by Crippen LogP contribution is -2.32. The first-order valence-electron chi connectivity index (χ1n) is 6.02. The highest BCUT2D eigenvalue weighted by Crippen LogP contribution is 2.36. The van der Waals surface area contributed by atoms with Crippen molar-refractivity contribution in [2.75, 3.05) is 6.61 Å². The van der Waals surface area contributed by atoms with Gasteiger partial charge in [0.05, 0.1) is 5.38 Å². The van der Waals surface area contributed by atoms with Gasteiger partial charge in [-0.2, -0.15) is 0 Å². The van der Waals surface area contributed by atoms with Crippen molar-refractivity contribution in [3.05, 3.63) is 58.6 Å². The predicted molar refractivity (Wildman–Crippen MR) is 79.1 cm³/mol. The quantitative estimate of drug-likeness (QED) is 0.746. The molecule has 0 fully saturated rings. The molecule has 1 aliphatic heterocycles. The van der Waals surface area contributed by atoms with E-state index in [0.29, 0.717) is 6.61 Å². The first-order chi connectivity index (χ1) is 9.24. The molecular formula is C15H12BrClO2. The van der Waals surface area contributed by atoms with Crippen molar-refractivity contribution >= 4 is 27.5 Å². The normalized spacial score (nSPS) is 18.9. The number of alkyl halides is 1. The van der Waals surface area contributed by atoms with E-state index in [1.165, 1.54) is 0 Å². The maximum absolute atomic E-state index is 6.48. The summed E-state index contributed by atoms with van der Waals surface area (Å²) in [5.74, 6) is 1.53. The zero-order chi connectivity index (χ0) is 13.2. The van der Waals surface area contributed by atoms with Crippen molar-refractivity contribution in [3.8, 4) is 11.5 Å². The number of halogens is 2. The summed E-state index contributed by atoms with van der Waals surface area (Å²) in [6.07, 6.45) is -0.183. The van der Waals surface area contributed by atoms with E-state index in [9.17, 15) is 0 Å². The molecule has 0 amide bonds. The number of fused-ring (bicyclic) bond motifs is 1. The van der Waals surface area contributed by atoms with Crippen LogP contribution >= 0.6 is 27.5 Å². The van der Waals surface area contributed by atoms with Gasteiger partial charge in [-0.1, -0.05) is 40.2 Å². The van der Waals surface area contributed by atoms with Crippen LogP contribution in [0.3, 0.4) is 0 Å². The lowest BCUT2D eigenvalue weighted by molar-refractivity contribution is 0.0877. The molecular weight excluding hydrogens is 328 g/mol. The Labute approximate surface area is 125 Å². The van der Waals surface area contributed by atoms with Gasteiger partial charge in [-0.15, -0.1) is 11.6 Å². The molecule has 0 aromatic heterocycles. The number of hydrogen-bond donors (Lipinski definition) is 0. The van der Waals surface area contributed by atoms with E-state index in [-0.39, 0.29) is 11.5 Å². The van der Waals surface area contributed by atoms with Gasteiger partial charge in [0.15, 0.2) is 17.6 Å². The van der Waals surface area contributed by atoms with Crippen molar-refractivity contribution in [1.82, 2.24) is 0 Å². The average Bonchev–Trinajstić information content (AvgIpc) is 2.47. The van der Waals surface area contributed by atoms with E-state index < -0.39 is 0 Å². The lowest BCUT2D eigenvalue weighted by atomic mass is 10.1. The van der Waals surface area contributed by atoms with Gasteiger partial charge in [-0.3, -0.25) is 0 Å². The number of hydrogen-bond acceptors (Lipinski definition) is 2. The summed E-state index contributed by atoms with van der Waals surface area (Å²) in [6.45, 7) is 0.460. The Bertz CT molecular complexity index is 571. The highest BCUT2D eigenvalue weighted by molar-refractivity contribution is 9.10. The van der Waals surface area contributed by atoms with Crippen molar-refractivity contribution in [2.45, 2.75) is 11.5 Å². The lowest BCUT2D eigenvalue weighted by Gasteiger charge is -2.29. The van der Waals surface area contributed by atoms with Gasteiger partial charge in [0.1, 0.15) is 6.61 Å².